The second-order valence-corrected chi connectivity index (χ2v) is 2.47. The Morgan fingerprint density at radius 2 is 1.86 bits per heavy atom. The summed E-state index contributed by atoms with van der Waals surface area (Å²) >= 11 is 0. The third-order valence-corrected chi connectivity index (χ3v) is 1.59. The number of aryl methyl sites for hydroxylation is 1. The minimum absolute atomic E-state index is 0.264. The van der Waals surface area contributed by atoms with E-state index < -0.39 is 12.2 Å². The van der Waals surface area contributed by atoms with E-state index in [0.717, 1.165) is 17.9 Å². The highest BCUT2D eigenvalue weighted by Crippen LogP contribution is 2.29. The molecule has 1 atom stereocenters. The fourth-order valence-electron chi connectivity index (χ4n) is 0.827. The first-order valence-electron chi connectivity index (χ1n) is 4.35. The van der Waals surface area contributed by atoms with E-state index in [1.807, 2.05) is 13.8 Å². The van der Waals surface area contributed by atoms with Crippen molar-refractivity contribution in [3.63, 3.8) is 0 Å². The van der Waals surface area contributed by atoms with Crippen LogP contribution in [0, 0.1) is 6.92 Å². The molecule has 1 aromatic rings. The lowest BCUT2D eigenvalue weighted by atomic mass is 10.3. The normalized spacial score (nSPS) is 13.1. The Hall–Kier alpha value is -1.07. The third-order valence-electron chi connectivity index (χ3n) is 1.59. The number of alkyl halides is 3. The topological polar surface area (TPSA) is 30.7 Å². The number of aromatic nitrogens is 3. The molecule has 0 spiro atoms. The molecule has 0 fully saturated rings. The summed E-state index contributed by atoms with van der Waals surface area (Å²) in [6, 6.07) is -1.61. The Balaban J connectivity index is 0.000000791. The second kappa shape index (κ2) is 4.97. The van der Waals surface area contributed by atoms with Crippen LogP contribution >= 0.6 is 0 Å². The number of rotatable bonds is 1. The van der Waals surface area contributed by atoms with Gasteiger partial charge in [-0.05, 0) is 13.8 Å². The van der Waals surface area contributed by atoms with Gasteiger partial charge in [0.1, 0.15) is 18.2 Å². The highest BCUT2D eigenvalue weighted by molar-refractivity contribution is 4.84. The monoisotopic (exact) mass is 209 g/mol. The van der Waals surface area contributed by atoms with Crippen LogP contribution in [0.5, 0.6) is 0 Å². The van der Waals surface area contributed by atoms with Crippen molar-refractivity contribution in [2.75, 3.05) is 0 Å². The minimum Gasteiger partial charge on any atom is -0.238 e. The van der Waals surface area contributed by atoms with E-state index in [4.69, 9.17) is 0 Å². The molecule has 0 saturated heterocycles. The molecule has 0 amide bonds. The van der Waals surface area contributed by atoms with Gasteiger partial charge in [0.05, 0.1) is 0 Å². The fraction of sp³-hybridized carbons (Fsp3) is 0.750. The first kappa shape index (κ1) is 12.9. The van der Waals surface area contributed by atoms with Gasteiger partial charge in [-0.15, -0.1) is 0 Å². The molecular weight excluding hydrogens is 195 g/mol. The molecule has 0 saturated carbocycles. The van der Waals surface area contributed by atoms with E-state index in [2.05, 4.69) is 10.1 Å². The molecule has 0 radical (unpaired) electrons. The van der Waals surface area contributed by atoms with Gasteiger partial charge in [-0.2, -0.15) is 18.3 Å². The maximum absolute atomic E-state index is 12.1. The van der Waals surface area contributed by atoms with Gasteiger partial charge < -0.3 is 0 Å². The van der Waals surface area contributed by atoms with Crippen molar-refractivity contribution in [1.82, 2.24) is 14.8 Å². The van der Waals surface area contributed by atoms with E-state index in [-0.39, 0.29) is 5.82 Å². The smallest absolute Gasteiger partial charge is 0.238 e. The van der Waals surface area contributed by atoms with Crippen LogP contribution in [0.4, 0.5) is 13.2 Å². The van der Waals surface area contributed by atoms with Gasteiger partial charge in [0.2, 0.25) is 0 Å². The number of nitrogens with zero attached hydrogens (tertiary/aromatic N) is 3. The Morgan fingerprint density at radius 1 is 1.36 bits per heavy atom. The summed E-state index contributed by atoms with van der Waals surface area (Å²) in [5.41, 5.74) is 0. The van der Waals surface area contributed by atoms with Crippen molar-refractivity contribution in [2.24, 2.45) is 0 Å². The maximum atomic E-state index is 12.1. The quantitative estimate of drug-likeness (QED) is 0.712. The molecule has 1 aromatic heterocycles. The predicted octanol–water partition coefficient (Wildman–Crippen LogP) is 2.74. The van der Waals surface area contributed by atoms with Crippen LogP contribution in [-0.4, -0.2) is 20.9 Å². The largest absolute Gasteiger partial charge is 0.410 e. The highest BCUT2D eigenvalue weighted by Gasteiger charge is 2.38. The number of hydrogen-bond donors (Lipinski definition) is 0. The van der Waals surface area contributed by atoms with Gasteiger partial charge in [-0.25, -0.2) is 9.67 Å². The van der Waals surface area contributed by atoms with Gasteiger partial charge in [-0.1, -0.05) is 13.8 Å². The summed E-state index contributed by atoms with van der Waals surface area (Å²) in [5.74, 6) is 0.264. The molecule has 1 unspecified atom stereocenters. The zero-order valence-electron chi connectivity index (χ0n) is 8.63. The van der Waals surface area contributed by atoms with Crippen molar-refractivity contribution < 1.29 is 13.2 Å². The van der Waals surface area contributed by atoms with Crippen LogP contribution < -0.4 is 0 Å². The summed E-state index contributed by atoms with van der Waals surface area (Å²) in [4.78, 5) is 3.60. The molecule has 0 N–H and O–H groups in total. The molecule has 0 aliphatic rings. The molecule has 0 aliphatic heterocycles. The standard InChI is InChI=1S/C6H8F3N3.C2H6/c1-4(6(7,8)9)12-5(2)10-3-11-12;1-2/h3-4H,1-2H3;1-2H3. The van der Waals surface area contributed by atoms with Gasteiger partial charge in [0.15, 0.2) is 0 Å². The molecule has 14 heavy (non-hydrogen) atoms. The average molecular weight is 209 g/mol. The fourth-order valence-corrected chi connectivity index (χ4v) is 0.827. The van der Waals surface area contributed by atoms with Crippen LogP contribution in [-0.2, 0) is 0 Å². The molecule has 6 heteroatoms. The molecule has 1 rings (SSSR count). The summed E-state index contributed by atoms with van der Waals surface area (Å²) in [7, 11) is 0. The molecular formula is C8H14F3N3. The second-order valence-electron chi connectivity index (χ2n) is 2.47. The summed E-state index contributed by atoms with van der Waals surface area (Å²) in [5, 5.41) is 3.47. The first-order valence-corrected chi connectivity index (χ1v) is 4.35. The molecule has 0 bridgehead atoms. The number of halogens is 3. The van der Waals surface area contributed by atoms with Crippen molar-refractivity contribution in [3.05, 3.63) is 12.2 Å². The van der Waals surface area contributed by atoms with E-state index in [1.165, 1.54) is 6.92 Å². The third kappa shape index (κ3) is 3.01. The van der Waals surface area contributed by atoms with E-state index in [0.29, 0.717) is 0 Å². The molecule has 0 aromatic carbocycles. The lowest BCUT2D eigenvalue weighted by Crippen LogP contribution is -2.25. The summed E-state index contributed by atoms with van der Waals surface area (Å²) in [6.45, 7) is 6.52. The van der Waals surface area contributed by atoms with E-state index in [9.17, 15) is 13.2 Å². The van der Waals surface area contributed by atoms with Gasteiger partial charge in [0, 0.05) is 0 Å². The van der Waals surface area contributed by atoms with Crippen molar-refractivity contribution in [1.29, 1.82) is 0 Å². The zero-order chi connectivity index (χ0) is 11.4. The lowest BCUT2D eigenvalue weighted by molar-refractivity contribution is -0.165. The maximum Gasteiger partial charge on any atom is 0.410 e. The van der Waals surface area contributed by atoms with Crippen molar-refractivity contribution in [2.45, 2.75) is 39.9 Å². The van der Waals surface area contributed by atoms with Gasteiger partial charge >= 0.3 is 6.18 Å². The highest BCUT2D eigenvalue weighted by atomic mass is 19.4. The van der Waals surface area contributed by atoms with Gasteiger partial charge in [-0.3, -0.25) is 0 Å². The van der Waals surface area contributed by atoms with Crippen LogP contribution in [0.3, 0.4) is 0 Å². The van der Waals surface area contributed by atoms with Gasteiger partial charge in [0.25, 0.3) is 0 Å². The predicted molar refractivity (Wildman–Crippen MR) is 46.9 cm³/mol. The Kier molecular flexibility index (Phi) is 4.59. The SMILES string of the molecule is CC.Cc1ncnn1C(C)C(F)(F)F. The van der Waals surface area contributed by atoms with E-state index in [1.54, 1.807) is 0 Å². The Morgan fingerprint density at radius 3 is 2.14 bits per heavy atom. The lowest BCUT2D eigenvalue weighted by Gasteiger charge is -2.16. The molecule has 1 heterocycles. The summed E-state index contributed by atoms with van der Waals surface area (Å²) < 4.78 is 37.2. The van der Waals surface area contributed by atoms with Crippen molar-refractivity contribution in [3.8, 4) is 0 Å². The van der Waals surface area contributed by atoms with Crippen LogP contribution in [0.25, 0.3) is 0 Å². The van der Waals surface area contributed by atoms with Crippen LogP contribution in [0.2, 0.25) is 0 Å². The Labute approximate surface area is 81.0 Å². The van der Waals surface area contributed by atoms with E-state index >= 15 is 0 Å². The molecule has 3 nitrogen and oxygen atoms in total. The zero-order valence-corrected chi connectivity index (χ0v) is 8.63. The molecule has 0 aliphatic carbocycles. The number of hydrogen-bond acceptors (Lipinski definition) is 2. The first-order chi connectivity index (χ1) is 6.43. The summed E-state index contributed by atoms with van der Waals surface area (Å²) in [6.07, 6.45) is -3.16. The van der Waals surface area contributed by atoms with Crippen LogP contribution in [0.1, 0.15) is 32.6 Å². The molecule has 82 valence electrons. The van der Waals surface area contributed by atoms with Crippen LogP contribution in [0.15, 0.2) is 6.33 Å². The Bertz CT molecular complexity index is 267. The average Bonchev–Trinajstić information content (AvgIpc) is 2.52. The minimum atomic E-state index is -4.27. The van der Waals surface area contributed by atoms with Crippen molar-refractivity contribution >= 4 is 0 Å².